The molecule has 1 aliphatic rings. The first-order valence-corrected chi connectivity index (χ1v) is 8.72. The molecule has 3 nitrogen and oxygen atoms in total. The van der Waals surface area contributed by atoms with Gasteiger partial charge >= 0.3 is 0 Å². The molecule has 0 amide bonds. The molecule has 0 saturated heterocycles. The average molecular weight is 276 g/mol. The van der Waals surface area contributed by atoms with Crippen LogP contribution >= 0.6 is 11.8 Å². The Labute approximate surface area is 112 Å². The molecule has 1 heterocycles. The molecule has 1 aliphatic heterocycles. The molecule has 0 aromatic rings. The number of hydrogen-bond donors (Lipinski definition) is 1. The van der Waals surface area contributed by atoms with Crippen LogP contribution in [-0.4, -0.2) is 39.7 Å². The summed E-state index contributed by atoms with van der Waals surface area (Å²) in [4.78, 5) is 4.51. The van der Waals surface area contributed by atoms with Crippen molar-refractivity contribution in [2.75, 3.05) is 25.1 Å². The van der Waals surface area contributed by atoms with Gasteiger partial charge in [0.05, 0.1) is 6.54 Å². The molecule has 0 aliphatic carbocycles. The molecular formula is C12H24N2OS2. The number of aliphatic imine (C=N–C) groups is 1. The summed E-state index contributed by atoms with van der Waals surface area (Å²) in [6.45, 7) is 8.64. The molecule has 0 spiro atoms. The van der Waals surface area contributed by atoms with Gasteiger partial charge in [0.25, 0.3) is 0 Å². The maximum absolute atomic E-state index is 10.9. The van der Waals surface area contributed by atoms with Crippen LogP contribution < -0.4 is 5.32 Å². The predicted octanol–water partition coefficient (Wildman–Crippen LogP) is 2.25. The third-order valence-electron chi connectivity index (χ3n) is 2.44. The fraction of sp³-hybridized carbons (Fsp3) is 0.917. The largest absolute Gasteiger partial charge is 0.365 e. The van der Waals surface area contributed by atoms with E-state index in [4.69, 9.17) is 0 Å². The fourth-order valence-corrected chi connectivity index (χ4v) is 3.71. The van der Waals surface area contributed by atoms with E-state index < -0.39 is 10.8 Å². The van der Waals surface area contributed by atoms with E-state index in [-0.39, 0.29) is 0 Å². The second kappa shape index (κ2) is 6.78. The zero-order valence-corrected chi connectivity index (χ0v) is 12.9. The van der Waals surface area contributed by atoms with Crippen LogP contribution in [0.5, 0.6) is 0 Å². The van der Waals surface area contributed by atoms with Crippen LogP contribution in [0.3, 0.4) is 0 Å². The first-order chi connectivity index (χ1) is 7.87. The highest BCUT2D eigenvalue weighted by atomic mass is 32.2. The first-order valence-electron chi connectivity index (χ1n) is 6.12. The van der Waals surface area contributed by atoms with Gasteiger partial charge in [-0.05, 0) is 18.3 Å². The molecule has 2 unspecified atom stereocenters. The minimum atomic E-state index is -0.676. The van der Waals surface area contributed by atoms with Crippen LogP contribution in [-0.2, 0) is 10.8 Å². The van der Waals surface area contributed by atoms with Crippen LogP contribution in [0.25, 0.3) is 0 Å². The Morgan fingerprint density at radius 2 is 2.24 bits per heavy atom. The lowest BCUT2D eigenvalue weighted by atomic mass is 9.90. The number of hydrogen-bond acceptors (Lipinski definition) is 4. The lowest BCUT2D eigenvalue weighted by Crippen LogP contribution is -2.22. The molecule has 5 heteroatoms. The Hall–Kier alpha value is -0.0300. The number of thioether (sulfide) groups is 1. The summed E-state index contributed by atoms with van der Waals surface area (Å²) in [5.74, 6) is 0.774. The van der Waals surface area contributed by atoms with Crippen LogP contribution in [0.2, 0.25) is 0 Å². The molecule has 0 saturated carbocycles. The monoisotopic (exact) mass is 276 g/mol. The van der Waals surface area contributed by atoms with Crippen molar-refractivity contribution >= 4 is 27.7 Å². The summed E-state index contributed by atoms with van der Waals surface area (Å²) in [7, 11) is -0.676. The molecular weight excluding hydrogens is 252 g/mol. The van der Waals surface area contributed by atoms with E-state index >= 15 is 0 Å². The molecule has 1 rings (SSSR count). The van der Waals surface area contributed by atoms with Crippen molar-refractivity contribution in [1.29, 1.82) is 0 Å². The molecule has 0 aromatic heterocycles. The van der Waals surface area contributed by atoms with Gasteiger partial charge in [0.15, 0.2) is 5.17 Å². The molecule has 2 atom stereocenters. The Morgan fingerprint density at radius 1 is 1.53 bits per heavy atom. The van der Waals surface area contributed by atoms with Crippen LogP contribution in [0.1, 0.15) is 33.6 Å². The summed E-state index contributed by atoms with van der Waals surface area (Å²) in [6.07, 6.45) is 3.90. The zero-order valence-electron chi connectivity index (χ0n) is 11.3. The van der Waals surface area contributed by atoms with Gasteiger partial charge in [-0.2, -0.15) is 0 Å². The quantitative estimate of drug-likeness (QED) is 0.783. The summed E-state index contributed by atoms with van der Waals surface area (Å²) >= 11 is 1.86. The highest BCUT2D eigenvalue weighted by molar-refractivity contribution is 8.14. The van der Waals surface area contributed by atoms with Gasteiger partial charge < -0.3 is 5.32 Å². The minimum absolute atomic E-state index is 0.377. The van der Waals surface area contributed by atoms with Gasteiger partial charge in [-0.1, -0.05) is 32.5 Å². The predicted molar refractivity (Wildman–Crippen MR) is 79.3 cm³/mol. The Morgan fingerprint density at radius 3 is 2.82 bits per heavy atom. The van der Waals surface area contributed by atoms with E-state index in [1.54, 1.807) is 6.26 Å². The summed E-state index contributed by atoms with van der Waals surface area (Å²) in [5.41, 5.74) is 0.377. The lowest BCUT2D eigenvalue weighted by molar-refractivity contribution is 0.375. The smallest absolute Gasteiger partial charge is 0.156 e. The molecule has 0 fully saturated rings. The molecule has 0 bridgehead atoms. The van der Waals surface area contributed by atoms with Crippen molar-refractivity contribution < 1.29 is 4.21 Å². The number of amidine groups is 1. The summed E-state index contributed by atoms with van der Waals surface area (Å²) < 4.78 is 10.9. The van der Waals surface area contributed by atoms with Gasteiger partial charge in [0.2, 0.25) is 0 Å². The van der Waals surface area contributed by atoms with Gasteiger partial charge in [0.1, 0.15) is 0 Å². The van der Waals surface area contributed by atoms with Crippen LogP contribution in [0.15, 0.2) is 4.99 Å². The minimum Gasteiger partial charge on any atom is -0.365 e. The molecule has 100 valence electrons. The van der Waals surface area contributed by atoms with Gasteiger partial charge in [0, 0.05) is 34.6 Å². The standard InChI is InChI=1S/C12H24N2OS2/c1-12(2,3)8-10-9-14-11(16-10)13-6-5-7-17(4)15/h10H,5-9H2,1-4H3,(H,13,14). The third kappa shape index (κ3) is 7.09. The van der Waals surface area contributed by atoms with E-state index in [0.29, 0.717) is 10.7 Å². The maximum Gasteiger partial charge on any atom is 0.156 e. The Bertz CT molecular complexity index is 297. The van der Waals surface area contributed by atoms with Gasteiger partial charge in [-0.3, -0.25) is 9.20 Å². The van der Waals surface area contributed by atoms with Crippen molar-refractivity contribution in [2.24, 2.45) is 10.4 Å². The molecule has 0 radical (unpaired) electrons. The van der Waals surface area contributed by atoms with Crippen molar-refractivity contribution in [2.45, 2.75) is 38.9 Å². The van der Waals surface area contributed by atoms with E-state index in [2.05, 4.69) is 31.1 Å². The zero-order chi connectivity index (χ0) is 12.9. The number of nitrogens with one attached hydrogen (secondary N) is 1. The SMILES string of the molecule is CS(=O)CCCNC1=NCC(CC(C)(C)C)S1. The maximum atomic E-state index is 10.9. The highest BCUT2D eigenvalue weighted by Gasteiger charge is 2.24. The van der Waals surface area contributed by atoms with Crippen LogP contribution in [0, 0.1) is 5.41 Å². The topological polar surface area (TPSA) is 41.5 Å². The Balaban J connectivity index is 2.15. The lowest BCUT2D eigenvalue weighted by Gasteiger charge is -2.21. The van der Waals surface area contributed by atoms with E-state index in [9.17, 15) is 4.21 Å². The van der Waals surface area contributed by atoms with E-state index in [1.165, 1.54) is 6.42 Å². The van der Waals surface area contributed by atoms with Crippen molar-refractivity contribution in [3.05, 3.63) is 0 Å². The van der Waals surface area contributed by atoms with Crippen molar-refractivity contribution in [1.82, 2.24) is 5.32 Å². The average Bonchev–Trinajstić information content (AvgIpc) is 2.57. The molecule has 17 heavy (non-hydrogen) atoms. The van der Waals surface area contributed by atoms with Crippen molar-refractivity contribution in [3.63, 3.8) is 0 Å². The summed E-state index contributed by atoms with van der Waals surface area (Å²) in [5, 5.41) is 5.02. The fourth-order valence-electron chi connectivity index (χ4n) is 1.77. The van der Waals surface area contributed by atoms with Crippen LogP contribution in [0.4, 0.5) is 0 Å². The Kier molecular flexibility index (Phi) is 6.00. The molecule has 0 aromatic carbocycles. The second-order valence-electron chi connectivity index (χ2n) is 5.71. The van der Waals surface area contributed by atoms with Gasteiger partial charge in [-0.15, -0.1) is 0 Å². The summed E-state index contributed by atoms with van der Waals surface area (Å²) in [6, 6.07) is 0. The number of rotatable bonds is 5. The van der Waals surface area contributed by atoms with Crippen molar-refractivity contribution in [3.8, 4) is 0 Å². The normalized spacial score (nSPS) is 22.4. The van der Waals surface area contributed by atoms with E-state index in [1.807, 2.05) is 11.8 Å². The highest BCUT2D eigenvalue weighted by Crippen LogP contribution is 2.31. The third-order valence-corrected chi connectivity index (χ3v) is 4.45. The molecule has 1 N–H and O–H groups in total. The first kappa shape index (κ1) is 15.0. The van der Waals surface area contributed by atoms with E-state index in [0.717, 1.165) is 30.4 Å². The number of nitrogens with zero attached hydrogens (tertiary/aromatic N) is 1. The second-order valence-corrected chi connectivity index (χ2v) is 8.55. The van der Waals surface area contributed by atoms with Gasteiger partial charge in [-0.25, -0.2) is 0 Å².